The lowest BCUT2D eigenvalue weighted by Gasteiger charge is -2.16. The largest absolute Gasteiger partial charge is 0.354 e. The van der Waals surface area contributed by atoms with E-state index in [4.69, 9.17) is 28.5 Å². The molecule has 0 saturated heterocycles. The van der Waals surface area contributed by atoms with Crippen molar-refractivity contribution in [3.8, 4) is 6.19 Å². The Kier molecular flexibility index (Phi) is 6.20. The smallest absolute Gasteiger partial charge is 0.272 e. The highest BCUT2D eigenvalue weighted by Crippen LogP contribution is 2.19. The Morgan fingerprint density at radius 3 is 2.58 bits per heavy atom. The molecule has 0 spiro atoms. The Bertz CT molecular complexity index is 840. The molecule has 1 aromatic heterocycles. The second-order valence-corrected chi connectivity index (χ2v) is 7.23. The number of hydrogen-bond acceptors (Lipinski definition) is 6. The van der Waals surface area contributed by atoms with Crippen LogP contribution in [-0.2, 0) is 10.0 Å². The summed E-state index contributed by atoms with van der Waals surface area (Å²) in [7, 11) is -3.83. The van der Waals surface area contributed by atoms with Crippen LogP contribution in [0.4, 0.5) is 5.95 Å². The van der Waals surface area contributed by atoms with Crippen molar-refractivity contribution in [2.75, 3.05) is 18.4 Å². The van der Waals surface area contributed by atoms with E-state index in [2.05, 4.69) is 15.3 Å². The van der Waals surface area contributed by atoms with E-state index in [1.165, 1.54) is 18.3 Å². The highest BCUT2D eigenvalue weighted by atomic mass is 35.5. The normalized spacial score (nSPS) is 10.9. The zero-order valence-electron chi connectivity index (χ0n) is 12.4. The van der Waals surface area contributed by atoms with Crippen LogP contribution in [-0.4, -0.2) is 35.8 Å². The van der Waals surface area contributed by atoms with Gasteiger partial charge in [-0.15, -0.1) is 0 Å². The van der Waals surface area contributed by atoms with Gasteiger partial charge in [-0.3, -0.25) is 0 Å². The van der Waals surface area contributed by atoms with Crippen LogP contribution in [0.1, 0.15) is 6.42 Å². The molecule has 0 bridgehead atoms. The Hall–Kier alpha value is -2.08. The first-order valence-electron chi connectivity index (χ1n) is 6.84. The van der Waals surface area contributed by atoms with Gasteiger partial charge in [-0.2, -0.15) is 10.2 Å². The van der Waals surface area contributed by atoms with Gasteiger partial charge in [0.15, 0.2) is 11.3 Å². The van der Waals surface area contributed by atoms with Crippen LogP contribution in [0.3, 0.4) is 0 Å². The van der Waals surface area contributed by atoms with Crippen molar-refractivity contribution in [3.05, 3.63) is 46.7 Å². The van der Waals surface area contributed by atoms with Gasteiger partial charge in [0.05, 0.1) is 16.1 Å². The predicted molar refractivity (Wildman–Crippen MR) is 91.1 cm³/mol. The third kappa shape index (κ3) is 4.47. The zero-order chi connectivity index (χ0) is 17.6. The fourth-order valence-corrected chi connectivity index (χ4v) is 3.25. The molecule has 0 saturated carbocycles. The summed E-state index contributed by atoms with van der Waals surface area (Å²) in [5.74, 6) is 0.277. The molecule has 1 heterocycles. The summed E-state index contributed by atoms with van der Waals surface area (Å²) in [6.07, 6.45) is 3.44. The molecule has 2 aromatic rings. The molecule has 0 aliphatic carbocycles. The Labute approximate surface area is 149 Å². The first kappa shape index (κ1) is 18.3. The maximum absolute atomic E-state index is 12.3. The molecule has 0 aliphatic heterocycles. The van der Waals surface area contributed by atoms with Crippen LogP contribution < -0.4 is 5.32 Å². The average Bonchev–Trinajstić information content (AvgIpc) is 2.58. The number of aromatic nitrogens is 2. The lowest BCUT2D eigenvalue weighted by Crippen LogP contribution is -2.28. The van der Waals surface area contributed by atoms with Gasteiger partial charge in [-0.05, 0) is 18.6 Å². The molecule has 0 amide bonds. The van der Waals surface area contributed by atoms with Crippen molar-refractivity contribution in [1.82, 2.24) is 14.3 Å². The van der Waals surface area contributed by atoms with Gasteiger partial charge in [-0.1, -0.05) is 41.4 Å². The number of hydrogen-bond donors (Lipinski definition) is 1. The minimum atomic E-state index is -3.83. The molecule has 0 atom stereocenters. The predicted octanol–water partition coefficient (Wildman–Crippen LogP) is 2.76. The first-order chi connectivity index (χ1) is 11.4. The van der Waals surface area contributed by atoms with E-state index >= 15 is 0 Å². The highest BCUT2D eigenvalue weighted by molar-refractivity contribution is 7.89. The van der Waals surface area contributed by atoms with Crippen molar-refractivity contribution in [2.45, 2.75) is 11.3 Å². The van der Waals surface area contributed by atoms with Crippen LogP contribution in [0, 0.1) is 11.5 Å². The summed E-state index contributed by atoms with van der Waals surface area (Å²) in [6.45, 7) is 0.391. The van der Waals surface area contributed by atoms with Gasteiger partial charge >= 0.3 is 0 Å². The monoisotopic (exact) mass is 385 g/mol. The number of nitriles is 1. The number of rotatable bonds is 7. The summed E-state index contributed by atoms with van der Waals surface area (Å²) < 4.78 is 25.4. The fourth-order valence-electron chi connectivity index (χ4n) is 1.80. The SMILES string of the molecule is N#CN(CCCNc1ncc(Cl)c(Cl)n1)S(=O)(=O)c1ccccc1. The van der Waals surface area contributed by atoms with E-state index in [1.807, 2.05) is 0 Å². The molecule has 0 unspecified atom stereocenters. The second kappa shape index (κ2) is 8.15. The molecule has 0 fully saturated rings. The van der Waals surface area contributed by atoms with Crippen LogP contribution in [0.15, 0.2) is 41.4 Å². The molecule has 0 radical (unpaired) electrons. The molecule has 1 aromatic carbocycles. The number of sulfonamides is 1. The summed E-state index contributed by atoms with van der Waals surface area (Å²) in [5, 5.41) is 12.4. The minimum Gasteiger partial charge on any atom is -0.354 e. The Balaban J connectivity index is 1.92. The zero-order valence-corrected chi connectivity index (χ0v) is 14.7. The van der Waals surface area contributed by atoms with E-state index in [-0.39, 0.29) is 27.6 Å². The van der Waals surface area contributed by atoms with Gasteiger partial charge in [0.2, 0.25) is 5.95 Å². The lowest BCUT2D eigenvalue weighted by atomic mass is 10.4. The van der Waals surface area contributed by atoms with Crippen molar-refractivity contribution < 1.29 is 8.42 Å². The fraction of sp³-hybridized carbons (Fsp3) is 0.214. The van der Waals surface area contributed by atoms with Gasteiger partial charge in [0, 0.05) is 13.1 Å². The quantitative estimate of drug-likeness (QED) is 0.340. The summed E-state index contributed by atoms with van der Waals surface area (Å²) in [6, 6.07) is 7.80. The lowest BCUT2D eigenvalue weighted by molar-refractivity contribution is 0.502. The summed E-state index contributed by atoms with van der Waals surface area (Å²) in [5.41, 5.74) is 0. The number of anilines is 1. The molecule has 126 valence electrons. The Morgan fingerprint density at radius 2 is 1.96 bits per heavy atom. The third-order valence-corrected chi connectivity index (χ3v) is 5.34. The minimum absolute atomic E-state index is 0.0298. The van der Waals surface area contributed by atoms with Crippen molar-refractivity contribution >= 4 is 39.2 Å². The molecule has 10 heteroatoms. The topological polar surface area (TPSA) is 99.0 Å². The second-order valence-electron chi connectivity index (χ2n) is 4.60. The van der Waals surface area contributed by atoms with Crippen molar-refractivity contribution in [2.24, 2.45) is 0 Å². The summed E-state index contributed by atoms with van der Waals surface area (Å²) >= 11 is 11.5. The number of nitrogens with zero attached hydrogens (tertiary/aromatic N) is 4. The van der Waals surface area contributed by atoms with Crippen molar-refractivity contribution in [3.63, 3.8) is 0 Å². The molecule has 0 aliphatic rings. The molecule has 24 heavy (non-hydrogen) atoms. The number of benzene rings is 1. The Morgan fingerprint density at radius 1 is 1.25 bits per heavy atom. The van der Waals surface area contributed by atoms with Crippen LogP contribution in [0.25, 0.3) is 0 Å². The molecule has 1 N–H and O–H groups in total. The van der Waals surface area contributed by atoms with E-state index < -0.39 is 10.0 Å². The van der Waals surface area contributed by atoms with E-state index in [9.17, 15) is 8.42 Å². The van der Waals surface area contributed by atoms with Gasteiger partial charge in [0.25, 0.3) is 10.0 Å². The molecule has 7 nitrogen and oxygen atoms in total. The van der Waals surface area contributed by atoms with Gasteiger partial charge in [-0.25, -0.2) is 17.7 Å². The van der Waals surface area contributed by atoms with Crippen molar-refractivity contribution in [1.29, 1.82) is 5.26 Å². The van der Waals surface area contributed by atoms with Crippen LogP contribution >= 0.6 is 23.2 Å². The standard InChI is InChI=1S/C14H13Cl2N5O2S/c15-12-9-19-14(20-13(12)16)18-7-4-8-21(10-17)24(22,23)11-5-2-1-3-6-11/h1-3,5-6,9H,4,7-8H2,(H,18,19,20). The number of nitrogens with one attached hydrogen (secondary N) is 1. The van der Waals surface area contributed by atoms with Crippen LogP contribution in [0.2, 0.25) is 10.2 Å². The van der Waals surface area contributed by atoms with Crippen LogP contribution in [0.5, 0.6) is 0 Å². The maximum atomic E-state index is 12.3. The molecule has 2 rings (SSSR count). The average molecular weight is 386 g/mol. The maximum Gasteiger partial charge on any atom is 0.272 e. The first-order valence-corrected chi connectivity index (χ1v) is 9.04. The third-order valence-electron chi connectivity index (χ3n) is 2.97. The van der Waals surface area contributed by atoms with E-state index in [0.29, 0.717) is 13.0 Å². The van der Waals surface area contributed by atoms with E-state index in [1.54, 1.807) is 24.4 Å². The number of halogens is 2. The summed E-state index contributed by atoms with van der Waals surface area (Å²) in [4.78, 5) is 7.93. The van der Waals surface area contributed by atoms with Gasteiger partial charge < -0.3 is 5.32 Å². The highest BCUT2D eigenvalue weighted by Gasteiger charge is 2.22. The molecular weight excluding hydrogens is 373 g/mol. The van der Waals surface area contributed by atoms with E-state index in [0.717, 1.165) is 4.31 Å². The van der Waals surface area contributed by atoms with Gasteiger partial charge in [0.1, 0.15) is 0 Å². The molecular formula is C14H13Cl2N5O2S.